The summed E-state index contributed by atoms with van der Waals surface area (Å²) in [6, 6.07) is 14.6. The zero-order valence-electron chi connectivity index (χ0n) is 21.8. The second-order valence-corrected chi connectivity index (χ2v) is 11.7. The molecule has 0 atom stereocenters. The summed E-state index contributed by atoms with van der Waals surface area (Å²) in [5, 5.41) is 3.07. The number of furan rings is 1. The zero-order valence-corrected chi connectivity index (χ0v) is 22.7. The number of sulfonamides is 1. The second kappa shape index (κ2) is 11.1. The zero-order chi connectivity index (χ0) is 27.6. The number of rotatable bonds is 8. The summed E-state index contributed by atoms with van der Waals surface area (Å²) in [4.78, 5) is 11.1. The Hall–Kier alpha value is -3.80. The average Bonchev–Trinajstić information content (AvgIpc) is 3.44. The summed E-state index contributed by atoms with van der Waals surface area (Å²) in [6.45, 7) is 3.52. The highest BCUT2D eigenvalue weighted by molar-refractivity contribution is 7.89. The van der Waals surface area contributed by atoms with Crippen molar-refractivity contribution in [2.24, 2.45) is 0 Å². The van der Waals surface area contributed by atoms with Crippen LogP contribution in [0.25, 0.3) is 11.1 Å². The predicted molar refractivity (Wildman–Crippen MR) is 148 cm³/mol. The molecule has 11 heteroatoms. The monoisotopic (exact) mass is 550 g/mol. The molecule has 3 heterocycles. The van der Waals surface area contributed by atoms with E-state index in [1.807, 2.05) is 7.05 Å². The van der Waals surface area contributed by atoms with E-state index in [1.165, 1.54) is 6.07 Å². The van der Waals surface area contributed by atoms with Crippen LogP contribution in [-0.2, 0) is 16.6 Å². The van der Waals surface area contributed by atoms with Gasteiger partial charge < -0.3 is 20.4 Å². The van der Waals surface area contributed by atoms with E-state index in [2.05, 4.69) is 20.2 Å². The molecule has 0 radical (unpaired) electrons. The lowest BCUT2D eigenvalue weighted by Gasteiger charge is -2.36. The largest absolute Gasteiger partial charge is 0.468 e. The van der Waals surface area contributed by atoms with Crippen molar-refractivity contribution in [2.45, 2.75) is 37.2 Å². The molecule has 9 nitrogen and oxygen atoms in total. The van der Waals surface area contributed by atoms with Gasteiger partial charge in [-0.1, -0.05) is 6.07 Å². The molecule has 0 bridgehead atoms. The summed E-state index contributed by atoms with van der Waals surface area (Å²) in [7, 11) is -1.74. The van der Waals surface area contributed by atoms with Gasteiger partial charge in [0, 0.05) is 23.5 Å². The SMILES string of the molecule is Cc1cc(-c2cnc(Nc3ccc(S(=O)(=O)N(Cc4ccco4)C4CCN(C)CC4)cc3)nc2N)ccc1F. The van der Waals surface area contributed by atoms with Gasteiger partial charge in [0.1, 0.15) is 17.4 Å². The Morgan fingerprint density at radius 3 is 2.54 bits per heavy atom. The average molecular weight is 551 g/mol. The van der Waals surface area contributed by atoms with Gasteiger partial charge in [-0.15, -0.1) is 0 Å². The van der Waals surface area contributed by atoms with E-state index in [-0.39, 0.29) is 35.1 Å². The van der Waals surface area contributed by atoms with Gasteiger partial charge in [-0.3, -0.25) is 0 Å². The van der Waals surface area contributed by atoms with Crippen LogP contribution in [0.5, 0.6) is 0 Å². The number of nitrogens with one attached hydrogen (secondary N) is 1. The number of hydrogen-bond donors (Lipinski definition) is 2. The third-order valence-corrected chi connectivity index (χ3v) is 8.90. The van der Waals surface area contributed by atoms with Gasteiger partial charge in [-0.25, -0.2) is 17.8 Å². The van der Waals surface area contributed by atoms with Crippen LogP contribution in [0.4, 0.5) is 21.8 Å². The Labute approximate surface area is 227 Å². The molecule has 1 aliphatic heterocycles. The molecule has 204 valence electrons. The fourth-order valence-electron chi connectivity index (χ4n) is 4.71. The van der Waals surface area contributed by atoms with Crippen molar-refractivity contribution in [1.82, 2.24) is 19.2 Å². The van der Waals surface area contributed by atoms with Crippen molar-refractivity contribution in [3.63, 3.8) is 0 Å². The topological polar surface area (TPSA) is 118 Å². The summed E-state index contributed by atoms with van der Waals surface area (Å²) >= 11 is 0. The number of likely N-dealkylation sites (tertiary alicyclic amines) is 1. The van der Waals surface area contributed by atoms with Crippen LogP contribution in [0.15, 0.2) is 76.4 Å². The third kappa shape index (κ3) is 5.95. The minimum Gasteiger partial charge on any atom is -0.468 e. The Bertz CT molecular complexity index is 1540. The highest BCUT2D eigenvalue weighted by Crippen LogP contribution is 2.29. The van der Waals surface area contributed by atoms with Crippen molar-refractivity contribution < 1.29 is 17.2 Å². The lowest BCUT2D eigenvalue weighted by atomic mass is 10.1. The van der Waals surface area contributed by atoms with E-state index < -0.39 is 10.0 Å². The first-order valence-corrected chi connectivity index (χ1v) is 14.1. The van der Waals surface area contributed by atoms with Crippen LogP contribution in [0.3, 0.4) is 0 Å². The molecular formula is C28H31FN6O3S. The maximum absolute atomic E-state index is 13.8. The molecule has 3 N–H and O–H groups in total. The smallest absolute Gasteiger partial charge is 0.243 e. The van der Waals surface area contributed by atoms with Gasteiger partial charge >= 0.3 is 0 Å². The second-order valence-electron chi connectivity index (χ2n) is 9.77. The number of piperidine rings is 1. The van der Waals surface area contributed by atoms with Crippen LogP contribution < -0.4 is 11.1 Å². The predicted octanol–water partition coefficient (Wildman–Crippen LogP) is 4.80. The first-order valence-electron chi connectivity index (χ1n) is 12.7. The first kappa shape index (κ1) is 26.8. The molecule has 2 aromatic carbocycles. The number of anilines is 3. The lowest BCUT2D eigenvalue weighted by molar-refractivity contribution is 0.173. The summed E-state index contributed by atoms with van der Waals surface area (Å²) in [6.07, 6.45) is 4.63. The number of nitrogen functional groups attached to an aromatic ring is 1. The molecule has 0 unspecified atom stereocenters. The van der Waals surface area contributed by atoms with E-state index in [1.54, 1.807) is 72.2 Å². The molecule has 0 spiro atoms. The van der Waals surface area contributed by atoms with E-state index in [9.17, 15) is 12.8 Å². The number of hydrogen-bond acceptors (Lipinski definition) is 8. The van der Waals surface area contributed by atoms with Gasteiger partial charge in [0.2, 0.25) is 16.0 Å². The minimum atomic E-state index is -3.78. The van der Waals surface area contributed by atoms with Gasteiger partial charge in [0.05, 0.1) is 17.7 Å². The van der Waals surface area contributed by atoms with E-state index in [0.717, 1.165) is 31.5 Å². The lowest BCUT2D eigenvalue weighted by Crippen LogP contribution is -2.46. The number of nitrogens with zero attached hydrogens (tertiary/aromatic N) is 4. The van der Waals surface area contributed by atoms with Crippen molar-refractivity contribution >= 4 is 27.5 Å². The van der Waals surface area contributed by atoms with Gasteiger partial charge in [0.15, 0.2) is 0 Å². The summed E-state index contributed by atoms with van der Waals surface area (Å²) < 4.78 is 48.2. The Balaban J connectivity index is 1.34. The van der Waals surface area contributed by atoms with Crippen molar-refractivity contribution in [3.8, 4) is 11.1 Å². The number of aromatic nitrogens is 2. The molecule has 5 rings (SSSR count). The van der Waals surface area contributed by atoms with E-state index >= 15 is 0 Å². The first-order chi connectivity index (χ1) is 18.7. The van der Waals surface area contributed by atoms with E-state index in [4.69, 9.17) is 10.2 Å². The fourth-order valence-corrected chi connectivity index (χ4v) is 6.37. The fraction of sp³-hybridized carbons (Fsp3) is 0.286. The number of benzene rings is 2. The number of aryl methyl sites for hydroxylation is 1. The van der Waals surface area contributed by atoms with E-state index in [0.29, 0.717) is 22.6 Å². The summed E-state index contributed by atoms with van der Waals surface area (Å²) in [5.41, 5.74) is 8.59. The molecule has 0 aliphatic carbocycles. The van der Waals surface area contributed by atoms with Crippen molar-refractivity contribution in [1.29, 1.82) is 0 Å². The highest BCUT2D eigenvalue weighted by atomic mass is 32.2. The Morgan fingerprint density at radius 1 is 1.15 bits per heavy atom. The standard InChI is InChI=1S/C28H31FN6O3S/c1-19-16-20(5-10-26(19)29)25-17-31-28(33-27(25)30)32-21-6-8-24(9-7-21)39(36,37)35(18-23-4-3-15-38-23)22-11-13-34(2)14-12-22/h3-10,15-17,22H,11-14,18H2,1-2H3,(H3,30,31,32,33). The van der Waals surface area contributed by atoms with Crippen LogP contribution in [0, 0.1) is 12.7 Å². The van der Waals surface area contributed by atoms with Crippen molar-refractivity contribution in [2.75, 3.05) is 31.2 Å². The molecule has 4 aromatic rings. The Morgan fingerprint density at radius 2 is 1.90 bits per heavy atom. The number of halogens is 1. The highest BCUT2D eigenvalue weighted by Gasteiger charge is 2.34. The van der Waals surface area contributed by atoms with Crippen LogP contribution >= 0.6 is 0 Å². The molecular weight excluding hydrogens is 519 g/mol. The van der Waals surface area contributed by atoms with Crippen LogP contribution in [-0.4, -0.2) is 53.8 Å². The quantitative estimate of drug-likeness (QED) is 0.321. The molecule has 0 saturated carbocycles. The summed E-state index contributed by atoms with van der Waals surface area (Å²) in [5.74, 6) is 0.808. The van der Waals surface area contributed by atoms with Gasteiger partial charge in [0.25, 0.3) is 0 Å². The van der Waals surface area contributed by atoms with Crippen molar-refractivity contribution in [3.05, 3.63) is 84.2 Å². The molecule has 1 fully saturated rings. The van der Waals surface area contributed by atoms with Gasteiger partial charge in [-0.05, 0) is 99.6 Å². The Kier molecular flexibility index (Phi) is 7.65. The van der Waals surface area contributed by atoms with Gasteiger partial charge in [-0.2, -0.15) is 9.29 Å². The molecule has 39 heavy (non-hydrogen) atoms. The molecule has 1 aliphatic rings. The van der Waals surface area contributed by atoms with Crippen LogP contribution in [0.1, 0.15) is 24.2 Å². The normalized spacial score (nSPS) is 15.1. The molecule has 1 saturated heterocycles. The molecule has 0 amide bonds. The third-order valence-electron chi connectivity index (χ3n) is 6.99. The van der Waals surface area contributed by atoms with Crippen LogP contribution in [0.2, 0.25) is 0 Å². The minimum absolute atomic E-state index is 0.117. The maximum atomic E-state index is 13.8. The molecule has 2 aromatic heterocycles. The maximum Gasteiger partial charge on any atom is 0.243 e. The number of nitrogens with two attached hydrogens (primary N) is 1.